The molecule has 108 valence electrons. The number of nitrogens with two attached hydrogens (primary N) is 1. The molecular weight excluding hydrogens is 258 g/mol. The largest absolute Gasteiger partial charge is 0.493 e. The molecule has 0 amide bonds. The van der Waals surface area contributed by atoms with Crippen molar-refractivity contribution in [2.75, 3.05) is 14.2 Å². The number of hydrazine groups is 1. The van der Waals surface area contributed by atoms with Gasteiger partial charge in [0, 0.05) is 19.0 Å². The monoisotopic (exact) mass is 277 g/mol. The number of benzene rings is 1. The van der Waals surface area contributed by atoms with Crippen LogP contribution in [0.3, 0.4) is 0 Å². The van der Waals surface area contributed by atoms with Gasteiger partial charge in [-0.2, -0.15) is 5.10 Å². The number of methoxy groups -OCH3 is 2. The summed E-state index contributed by atoms with van der Waals surface area (Å²) in [6.45, 7) is 0. The zero-order valence-corrected chi connectivity index (χ0v) is 11.8. The molecule has 7 heteroatoms. The zero-order valence-electron chi connectivity index (χ0n) is 11.8. The zero-order chi connectivity index (χ0) is 14.5. The van der Waals surface area contributed by atoms with Gasteiger partial charge in [-0.25, -0.2) is 4.98 Å². The third-order valence-corrected chi connectivity index (χ3v) is 3.20. The molecule has 3 N–H and O–H groups in total. The van der Waals surface area contributed by atoms with Crippen LogP contribution >= 0.6 is 0 Å². The molecule has 0 saturated carbocycles. The van der Waals surface area contributed by atoms with Gasteiger partial charge in [0.05, 0.1) is 20.3 Å². The van der Waals surface area contributed by atoms with Crippen LogP contribution < -0.4 is 20.7 Å². The van der Waals surface area contributed by atoms with E-state index in [1.807, 2.05) is 25.2 Å². The summed E-state index contributed by atoms with van der Waals surface area (Å²) in [4.78, 5) is 4.21. The van der Waals surface area contributed by atoms with E-state index in [4.69, 9.17) is 15.3 Å². The number of aryl methyl sites for hydroxylation is 1. The van der Waals surface area contributed by atoms with Crippen LogP contribution in [0.25, 0.3) is 0 Å². The summed E-state index contributed by atoms with van der Waals surface area (Å²) in [6, 6.07) is 5.54. The van der Waals surface area contributed by atoms with E-state index in [9.17, 15) is 0 Å². The lowest BCUT2D eigenvalue weighted by Crippen LogP contribution is -2.30. The van der Waals surface area contributed by atoms with Gasteiger partial charge in [0.15, 0.2) is 11.5 Å². The highest BCUT2D eigenvalue weighted by molar-refractivity contribution is 5.48. The Balaban J connectivity index is 2.34. The Morgan fingerprint density at radius 3 is 2.70 bits per heavy atom. The van der Waals surface area contributed by atoms with Gasteiger partial charge in [-0.1, -0.05) is 12.1 Å². The molecule has 0 aliphatic rings. The molecule has 0 bridgehead atoms. The maximum Gasteiger partial charge on any atom is 0.165 e. The Kier molecular flexibility index (Phi) is 4.54. The summed E-state index contributed by atoms with van der Waals surface area (Å²) in [7, 11) is 5.06. The lowest BCUT2D eigenvalue weighted by atomic mass is 10.0. The molecule has 1 unspecified atom stereocenters. The van der Waals surface area contributed by atoms with E-state index in [2.05, 4.69) is 15.5 Å². The minimum atomic E-state index is -0.150. The standard InChI is InChI=1S/C13H19N5O2/c1-18-12(15-8-16-18)7-10(17-14)9-5-4-6-11(19-2)13(9)20-3/h4-6,8,10,17H,7,14H2,1-3H3. The van der Waals surface area contributed by atoms with Gasteiger partial charge >= 0.3 is 0 Å². The topological polar surface area (TPSA) is 87.2 Å². The van der Waals surface area contributed by atoms with E-state index >= 15 is 0 Å². The van der Waals surface area contributed by atoms with Crippen molar-refractivity contribution in [3.63, 3.8) is 0 Å². The number of aromatic nitrogens is 3. The molecule has 0 fully saturated rings. The average Bonchev–Trinajstić information content (AvgIpc) is 2.88. The number of rotatable bonds is 6. The van der Waals surface area contributed by atoms with Crippen molar-refractivity contribution in [2.45, 2.75) is 12.5 Å². The second kappa shape index (κ2) is 6.36. The Morgan fingerprint density at radius 2 is 2.15 bits per heavy atom. The van der Waals surface area contributed by atoms with Crippen molar-refractivity contribution >= 4 is 0 Å². The third kappa shape index (κ3) is 2.73. The van der Waals surface area contributed by atoms with Gasteiger partial charge in [0.25, 0.3) is 0 Å². The maximum atomic E-state index is 5.68. The fourth-order valence-corrected chi connectivity index (χ4v) is 2.13. The Labute approximate surface area is 117 Å². The van der Waals surface area contributed by atoms with Crippen molar-refractivity contribution < 1.29 is 9.47 Å². The van der Waals surface area contributed by atoms with Crippen LogP contribution in [0.1, 0.15) is 17.4 Å². The molecule has 20 heavy (non-hydrogen) atoms. The van der Waals surface area contributed by atoms with Crippen molar-refractivity contribution in [3.8, 4) is 11.5 Å². The number of para-hydroxylation sites is 1. The second-order valence-corrected chi connectivity index (χ2v) is 4.31. The second-order valence-electron chi connectivity index (χ2n) is 4.31. The van der Waals surface area contributed by atoms with Crippen LogP contribution in [0.2, 0.25) is 0 Å². The predicted molar refractivity (Wildman–Crippen MR) is 74.3 cm³/mol. The summed E-state index contributed by atoms with van der Waals surface area (Å²) in [5.41, 5.74) is 3.71. The van der Waals surface area contributed by atoms with Gasteiger partial charge in [-0.05, 0) is 6.07 Å². The molecule has 0 radical (unpaired) electrons. The molecule has 0 aliphatic carbocycles. The summed E-state index contributed by atoms with van der Waals surface area (Å²) in [5, 5.41) is 4.05. The highest BCUT2D eigenvalue weighted by Crippen LogP contribution is 2.35. The normalized spacial score (nSPS) is 12.2. The molecule has 0 saturated heterocycles. The quantitative estimate of drug-likeness (QED) is 0.593. The average molecular weight is 277 g/mol. The van der Waals surface area contributed by atoms with Crippen molar-refractivity contribution in [3.05, 3.63) is 35.9 Å². The SMILES string of the molecule is COc1cccc(C(Cc2ncnn2C)NN)c1OC. The number of hydrogen-bond donors (Lipinski definition) is 2. The number of nitrogens with one attached hydrogen (secondary N) is 1. The summed E-state index contributed by atoms with van der Waals surface area (Å²) in [5.74, 6) is 7.85. The number of ether oxygens (including phenoxy) is 2. The molecule has 0 spiro atoms. The van der Waals surface area contributed by atoms with E-state index < -0.39 is 0 Å². The van der Waals surface area contributed by atoms with Gasteiger partial charge in [0.2, 0.25) is 0 Å². The lowest BCUT2D eigenvalue weighted by Gasteiger charge is -2.20. The Hall–Kier alpha value is -2.12. The molecule has 1 atom stereocenters. The van der Waals surface area contributed by atoms with E-state index in [1.54, 1.807) is 18.9 Å². The minimum absolute atomic E-state index is 0.150. The molecule has 1 aromatic carbocycles. The number of nitrogens with zero attached hydrogens (tertiary/aromatic N) is 3. The summed E-state index contributed by atoms with van der Waals surface area (Å²) in [6.07, 6.45) is 2.11. The first kappa shape index (κ1) is 14.3. The van der Waals surface area contributed by atoms with E-state index in [-0.39, 0.29) is 6.04 Å². The molecular formula is C13H19N5O2. The highest BCUT2D eigenvalue weighted by Gasteiger charge is 2.20. The first-order valence-corrected chi connectivity index (χ1v) is 6.21. The van der Waals surface area contributed by atoms with Crippen molar-refractivity contribution in [2.24, 2.45) is 12.9 Å². The van der Waals surface area contributed by atoms with Gasteiger partial charge in [0.1, 0.15) is 12.2 Å². The van der Waals surface area contributed by atoms with Gasteiger partial charge < -0.3 is 9.47 Å². The fraction of sp³-hybridized carbons (Fsp3) is 0.385. The smallest absolute Gasteiger partial charge is 0.165 e. The van der Waals surface area contributed by atoms with Crippen LogP contribution in [-0.2, 0) is 13.5 Å². The highest BCUT2D eigenvalue weighted by atomic mass is 16.5. The Morgan fingerprint density at radius 1 is 1.35 bits per heavy atom. The molecule has 7 nitrogen and oxygen atoms in total. The first-order chi connectivity index (χ1) is 9.71. The molecule has 1 aromatic heterocycles. The van der Waals surface area contributed by atoms with Crippen LogP contribution in [-0.4, -0.2) is 29.0 Å². The summed E-state index contributed by atoms with van der Waals surface area (Å²) < 4.78 is 12.5. The number of hydrogen-bond acceptors (Lipinski definition) is 6. The lowest BCUT2D eigenvalue weighted by molar-refractivity contribution is 0.346. The maximum absolute atomic E-state index is 5.68. The molecule has 0 aliphatic heterocycles. The van der Waals surface area contributed by atoms with Crippen molar-refractivity contribution in [1.82, 2.24) is 20.2 Å². The Bertz CT molecular complexity index is 570. The third-order valence-electron chi connectivity index (χ3n) is 3.20. The van der Waals surface area contributed by atoms with Gasteiger partial charge in [-0.3, -0.25) is 16.0 Å². The van der Waals surface area contributed by atoms with Gasteiger partial charge in [-0.15, -0.1) is 0 Å². The fourth-order valence-electron chi connectivity index (χ4n) is 2.13. The van der Waals surface area contributed by atoms with E-state index in [0.717, 1.165) is 11.4 Å². The van der Waals surface area contributed by atoms with E-state index in [0.29, 0.717) is 17.9 Å². The predicted octanol–water partition coefficient (Wildman–Crippen LogP) is 0.579. The molecule has 1 heterocycles. The molecule has 2 aromatic rings. The van der Waals surface area contributed by atoms with Crippen LogP contribution in [0.4, 0.5) is 0 Å². The summed E-state index contributed by atoms with van der Waals surface area (Å²) >= 11 is 0. The first-order valence-electron chi connectivity index (χ1n) is 6.21. The van der Waals surface area contributed by atoms with Crippen LogP contribution in [0, 0.1) is 0 Å². The minimum Gasteiger partial charge on any atom is -0.493 e. The van der Waals surface area contributed by atoms with Crippen molar-refractivity contribution in [1.29, 1.82) is 0 Å². The van der Waals surface area contributed by atoms with E-state index in [1.165, 1.54) is 6.33 Å². The van der Waals surface area contributed by atoms with Crippen LogP contribution in [0.5, 0.6) is 11.5 Å². The van der Waals surface area contributed by atoms with Crippen LogP contribution in [0.15, 0.2) is 24.5 Å². The molecule has 2 rings (SSSR count).